The first-order chi connectivity index (χ1) is 7.29. The van der Waals surface area contributed by atoms with Gasteiger partial charge >= 0.3 is 5.69 Å². The molecule has 0 fully saturated rings. The second-order valence-corrected chi connectivity index (χ2v) is 3.39. The van der Waals surface area contributed by atoms with E-state index in [-0.39, 0.29) is 5.69 Å². The van der Waals surface area contributed by atoms with E-state index in [1.54, 1.807) is 6.20 Å². The number of hydrogen-bond acceptors (Lipinski definition) is 2. The Bertz CT molecular complexity index is 498. The van der Waals surface area contributed by atoms with Crippen molar-refractivity contribution in [2.45, 2.75) is 6.54 Å². The van der Waals surface area contributed by atoms with Crippen molar-refractivity contribution in [1.29, 1.82) is 0 Å². The first-order valence-electron chi connectivity index (χ1n) is 4.81. The number of nitrogens with one attached hydrogen (secondary N) is 3. The average molecular weight is 203 g/mol. The van der Waals surface area contributed by atoms with Crippen LogP contribution in [0.15, 0.2) is 35.3 Å². The van der Waals surface area contributed by atoms with Crippen LogP contribution >= 0.6 is 0 Å². The summed E-state index contributed by atoms with van der Waals surface area (Å²) >= 11 is 0. The van der Waals surface area contributed by atoms with Gasteiger partial charge in [-0.05, 0) is 24.2 Å². The van der Waals surface area contributed by atoms with Crippen LogP contribution in [-0.4, -0.2) is 17.0 Å². The molecule has 15 heavy (non-hydrogen) atoms. The van der Waals surface area contributed by atoms with Gasteiger partial charge in [-0.25, -0.2) is 4.79 Å². The third-order valence-corrected chi connectivity index (χ3v) is 2.21. The summed E-state index contributed by atoms with van der Waals surface area (Å²) in [7, 11) is 1.91. The van der Waals surface area contributed by atoms with E-state index in [1.807, 2.05) is 25.2 Å². The van der Waals surface area contributed by atoms with Crippen LogP contribution in [0.25, 0.3) is 11.3 Å². The summed E-state index contributed by atoms with van der Waals surface area (Å²) in [5.41, 5.74) is 2.85. The molecule has 1 aromatic carbocycles. The molecule has 4 nitrogen and oxygen atoms in total. The third kappa shape index (κ3) is 2.16. The Morgan fingerprint density at radius 1 is 1.40 bits per heavy atom. The molecule has 2 rings (SSSR count). The summed E-state index contributed by atoms with van der Waals surface area (Å²) in [6.07, 6.45) is 1.68. The highest BCUT2D eigenvalue weighted by Gasteiger charge is 2.00. The Labute approximate surface area is 87.4 Å². The lowest BCUT2D eigenvalue weighted by Crippen LogP contribution is -2.04. The van der Waals surface area contributed by atoms with E-state index in [0.29, 0.717) is 0 Å². The van der Waals surface area contributed by atoms with Crippen molar-refractivity contribution in [3.05, 3.63) is 46.5 Å². The van der Waals surface area contributed by atoms with Gasteiger partial charge in [0.1, 0.15) is 0 Å². The lowest BCUT2D eigenvalue weighted by atomic mass is 10.1. The number of benzene rings is 1. The highest BCUT2D eigenvalue weighted by Crippen LogP contribution is 2.16. The molecule has 1 heterocycles. The van der Waals surface area contributed by atoms with Gasteiger partial charge in [0.05, 0.1) is 5.69 Å². The summed E-state index contributed by atoms with van der Waals surface area (Å²) < 4.78 is 0. The SMILES string of the molecule is CNCc1cccc(-c2c[nH]c(=O)[nH]2)c1. The molecule has 0 spiro atoms. The van der Waals surface area contributed by atoms with Gasteiger partial charge in [-0.1, -0.05) is 18.2 Å². The Hall–Kier alpha value is -1.81. The number of H-pyrrole nitrogens is 2. The first-order valence-corrected chi connectivity index (χ1v) is 4.81. The topological polar surface area (TPSA) is 60.7 Å². The molecular weight excluding hydrogens is 190 g/mol. The zero-order chi connectivity index (χ0) is 10.7. The molecule has 0 saturated heterocycles. The van der Waals surface area contributed by atoms with Gasteiger partial charge in [-0.2, -0.15) is 0 Å². The number of aromatic nitrogens is 2. The lowest BCUT2D eigenvalue weighted by Gasteiger charge is -2.02. The minimum atomic E-state index is -0.177. The van der Waals surface area contributed by atoms with Gasteiger partial charge in [0, 0.05) is 12.7 Å². The maximum atomic E-state index is 11.0. The van der Waals surface area contributed by atoms with E-state index < -0.39 is 0 Å². The van der Waals surface area contributed by atoms with Crippen LogP contribution in [0.1, 0.15) is 5.56 Å². The van der Waals surface area contributed by atoms with Crippen LogP contribution in [0.3, 0.4) is 0 Å². The standard InChI is InChI=1S/C11H13N3O/c1-12-6-8-3-2-4-9(5-8)10-7-13-11(15)14-10/h2-5,7,12H,6H2,1H3,(H2,13,14,15). The summed E-state index contributed by atoms with van der Waals surface area (Å²) in [5.74, 6) is 0. The zero-order valence-corrected chi connectivity index (χ0v) is 8.50. The first kappa shape index (κ1) is 9.73. The second kappa shape index (κ2) is 4.14. The van der Waals surface area contributed by atoms with Gasteiger partial charge in [0.2, 0.25) is 0 Å². The van der Waals surface area contributed by atoms with E-state index in [1.165, 1.54) is 5.56 Å². The van der Waals surface area contributed by atoms with Gasteiger partial charge in [-0.3, -0.25) is 0 Å². The van der Waals surface area contributed by atoms with E-state index in [9.17, 15) is 4.79 Å². The molecule has 4 heteroatoms. The molecule has 0 bridgehead atoms. The van der Waals surface area contributed by atoms with Crippen LogP contribution in [-0.2, 0) is 6.54 Å². The molecule has 0 aliphatic carbocycles. The Morgan fingerprint density at radius 3 is 2.93 bits per heavy atom. The molecule has 0 aliphatic heterocycles. The van der Waals surface area contributed by atoms with Gasteiger partial charge in [0.15, 0.2) is 0 Å². The minimum Gasteiger partial charge on any atom is -0.316 e. The second-order valence-electron chi connectivity index (χ2n) is 3.39. The number of rotatable bonds is 3. The molecular formula is C11H13N3O. The monoisotopic (exact) mass is 203 g/mol. The maximum Gasteiger partial charge on any atom is 0.323 e. The molecule has 0 amide bonds. The fourth-order valence-corrected chi connectivity index (χ4v) is 1.54. The van der Waals surface area contributed by atoms with E-state index in [2.05, 4.69) is 21.4 Å². The zero-order valence-electron chi connectivity index (χ0n) is 8.50. The van der Waals surface area contributed by atoms with E-state index in [4.69, 9.17) is 0 Å². The summed E-state index contributed by atoms with van der Waals surface area (Å²) in [6.45, 7) is 0.822. The predicted molar refractivity (Wildman–Crippen MR) is 59.6 cm³/mol. The van der Waals surface area contributed by atoms with Crippen molar-refractivity contribution in [2.24, 2.45) is 0 Å². The summed E-state index contributed by atoms with van der Waals surface area (Å²) in [6, 6.07) is 8.05. The number of aromatic amines is 2. The van der Waals surface area contributed by atoms with Crippen molar-refractivity contribution < 1.29 is 0 Å². The minimum absolute atomic E-state index is 0.177. The van der Waals surface area contributed by atoms with Crippen LogP contribution in [0.4, 0.5) is 0 Å². The van der Waals surface area contributed by atoms with Crippen molar-refractivity contribution in [3.8, 4) is 11.3 Å². The smallest absolute Gasteiger partial charge is 0.316 e. The fourth-order valence-electron chi connectivity index (χ4n) is 1.54. The van der Waals surface area contributed by atoms with Gasteiger partial charge < -0.3 is 15.3 Å². The lowest BCUT2D eigenvalue weighted by molar-refractivity contribution is 0.818. The highest BCUT2D eigenvalue weighted by atomic mass is 16.1. The van der Waals surface area contributed by atoms with Crippen LogP contribution in [0.5, 0.6) is 0 Å². The van der Waals surface area contributed by atoms with Crippen LogP contribution in [0.2, 0.25) is 0 Å². The summed E-state index contributed by atoms with van der Waals surface area (Å²) in [4.78, 5) is 16.3. The largest absolute Gasteiger partial charge is 0.323 e. The maximum absolute atomic E-state index is 11.0. The van der Waals surface area contributed by atoms with Gasteiger partial charge in [0.25, 0.3) is 0 Å². The predicted octanol–water partition coefficient (Wildman–Crippen LogP) is 1.09. The molecule has 1 aromatic heterocycles. The highest BCUT2D eigenvalue weighted by molar-refractivity contribution is 5.58. The summed E-state index contributed by atoms with van der Waals surface area (Å²) in [5, 5.41) is 3.09. The van der Waals surface area contributed by atoms with Crippen LogP contribution in [0, 0.1) is 0 Å². The fraction of sp³-hybridized carbons (Fsp3) is 0.182. The molecule has 0 radical (unpaired) electrons. The number of imidazole rings is 1. The molecule has 2 aromatic rings. The third-order valence-electron chi connectivity index (χ3n) is 2.21. The Balaban J connectivity index is 2.36. The van der Waals surface area contributed by atoms with E-state index in [0.717, 1.165) is 17.8 Å². The average Bonchev–Trinajstić information content (AvgIpc) is 2.66. The quantitative estimate of drug-likeness (QED) is 0.699. The normalized spacial score (nSPS) is 10.5. The van der Waals surface area contributed by atoms with Crippen molar-refractivity contribution >= 4 is 0 Å². The molecule has 0 saturated carbocycles. The molecule has 0 aliphatic rings. The Morgan fingerprint density at radius 2 is 2.27 bits per heavy atom. The Kier molecular flexibility index (Phi) is 2.69. The molecule has 0 atom stereocenters. The van der Waals surface area contributed by atoms with E-state index >= 15 is 0 Å². The molecule has 3 N–H and O–H groups in total. The van der Waals surface area contributed by atoms with Crippen LogP contribution < -0.4 is 11.0 Å². The molecule has 0 unspecified atom stereocenters. The molecule has 78 valence electrons. The van der Waals surface area contributed by atoms with Gasteiger partial charge in [-0.15, -0.1) is 0 Å². The van der Waals surface area contributed by atoms with Crippen molar-refractivity contribution in [2.75, 3.05) is 7.05 Å². The number of hydrogen-bond donors (Lipinski definition) is 3. The van der Waals surface area contributed by atoms with Crippen molar-refractivity contribution in [3.63, 3.8) is 0 Å². The van der Waals surface area contributed by atoms with Crippen molar-refractivity contribution in [1.82, 2.24) is 15.3 Å².